The van der Waals surface area contributed by atoms with Crippen molar-refractivity contribution in [2.45, 2.75) is 13.3 Å². The summed E-state index contributed by atoms with van der Waals surface area (Å²) < 4.78 is 3.21. The van der Waals surface area contributed by atoms with Crippen molar-refractivity contribution in [1.29, 1.82) is 0 Å². The summed E-state index contributed by atoms with van der Waals surface area (Å²) in [5.74, 6) is 0. The van der Waals surface area contributed by atoms with Gasteiger partial charge < -0.3 is 0 Å². The molecule has 0 unspecified atom stereocenters. The van der Waals surface area contributed by atoms with Gasteiger partial charge in [-0.2, -0.15) is 0 Å². The standard InChI is InChI=1S/C14H12I/c1-10-6-7-14-12(8-10)9-11-4-2-3-5-13(11)15-14/h2-8H,9H2,1H3/q+1. The first kappa shape index (κ1) is 9.40. The molecule has 1 heteroatoms. The van der Waals surface area contributed by atoms with Crippen LogP contribution in [0, 0.1) is 14.1 Å². The monoisotopic (exact) mass is 307 g/mol. The lowest BCUT2D eigenvalue weighted by Crippen LogP contribution is -3.62. The van der Waals surface area contributed by atoms with Crippen LogP contribution in [0.1, 0.15) is 16.7 Å². The number of rotatable bonds is 0. The molecule has 1 heterocycles. The van der Waals surface area contributed by atoms with Crippen LogP contribution in [0.5, 0.6) is 0 Å². The van der Waals surface area contributed by atoms with Crippen molar-refractivity contribution in [1.82, 2.24) is 0 Å². The lowest BCUT2D eigenvalue weighted by molar-refractivity contribution is -0.601. The number of benzene rings is 2. The van der Waals surface area contributed by atoms with Crippen LogP contribution in [0.4, 0.5) is 0 Å². The molecule has 15 heavy (non-hydrogen) atoms. The Morgan fingerprint density at radius 1 is 0.933 bits per heavy atom. The third-order valence-electron chi connectivity index (χ3n) is 2.74. The molecule has 74 valence electrons. The van der Waals surface area contributed by atoms with Gasteiger partial charge in [0.05, 0.1) is 0 Å². The topological polar surface area (TPSA) is 0 Å². The average molecular weight is 307 g/mol. The summed E-state index contributed by atoms with van der Waals surface area (Å²) in [7, 11) is 0. The maximum atomic E-state index is 2.35. The van der Waals surface area contributed by atoms with E-state index in [-0.39, 0.29) is 21.2 Å². The van der Waals surface area contributed by atoms with Gasteiger partial charge in [0.1, 0.15) is 0 Å². The molecule has 0 atom stereocenters. The van der Waals surface area contributed by atoms with Crippen molar-refractivity contribution in [2.75, 3.05) is 0 Å². The van der Waals surface area contributed by atoms with E-state index < -0.39 is 0 Å². The first-order chi connectivity index (χ1) is 7.33. The Kier molecular flexibility index (Phi) is 2.28. The molecule has 1 aliphatic rings. The van der Waals surface area contributed by atoms with E-state index in [1.807, 2.05) is 0 Å². The Hall–Kier alpha value is -0.830. The van der Waals surface area contributed by atoms with Crippen LogP contribution >= 0.6 is 0 Å². The molecule has 3 rings (SSSR count). The van der Waals surface area contributed by atoms with Gasteiger partial charge in [-0.25, -0.2) is 0 Å². The Morgan fingerprint density at radius 3 is 2.67 bits per heavy atom. The minimum Gasteiger partial charge on any atom is -0.0617 e. The highest BCUT2D eigenvalue weighted by Crippen LogP contribution is 2.13. The van der Waals surface area contributed by atoms with Crippen LogP contribution in [-0.2, 0) is 6.42 Å². The molecule has 0 bridgehead atoms. The Balaban J connectivity index is 2.11. The summed E-state index contributed by atoms with van der Waals surface area (Å²) in [4.78, 5) is 0. The second-order valence-corrected chi connectivity index (χ2v) is 6.82. The predicted molar refractivity (Wildman–Crippen MR) is 57.8 cm³/mol. The molecule has 2 aromatic rings. The molecule has 1 aliphatic heterocycles. The molecule has 0 nitrogen and oxygen atoms in total. The van der Waals surface area contributed by atoms with Gasteiger partial charge in [0.15, 0.2) is 7.14 Å². The van der Waals surface area contributed by atoms with Crippen molar-refractivity contribution in [3.05, 3.63) is 66.3 Å². The first-order valence-corrected chi connectivity index (χ1v) is 7.31. The van der Waals surface area contributed by atoms with Crippen LogP contribution in [0.15, 0.2) is 42.5 Å². The first-order valence-electron chi connectivity index (χ1n) is 5.15. The third kappa shape index (κ3) is 1.69. The molecular weight excluding hydrogens is 295 g/mol. The van der Waals surface area contributed by atoms with Gasteiger partial charge in [-0.3, -0.25) is 0 Å². The number of aryl methyl sites for hydroxylation is 1. The van der Waals surface area contributed by atoms with E-state index in [0.717, 1.165) is 6.42 Å². The van der Waals surface area contributed by atoms with Gasteiger partial charge in [-0.05, 0) is 19.1 Å². The second-order valence-electron chi connectivity index (χ2n) is 3.96. The van der Waals surface area contributed by atoms with Gasteiger partial charge in [0.2, 0.25) is 0 Å². The molecule has 0 saturated heterocycles. The maximum Gasteiger partial charge on any atom is 0.358 e. The fraction of sp³-hybridized carbons (Fsp3) is 0.143. The molecular formula is C14H12I+. The molecule has 0 radical (unpaired) electrons. The van der Waals surface area contributed by atoms with E-state index in [0.29, 0.717) is 0 Å². The fourth-order valence-electron chi connectivity index (χ4n) is 1.98. The number of hydrogen-bond donors (Lipinski definition) is 0. The zero-order valence-electron chi connectivity index (χ0n) is 8.63. The minimum absolute atomic E-state index is 0.0625. The minimum atomic E-state index is 0.0625. The highest BCUT2D eigenvalue weighted by Gasteiger charge is 2.28. The molecule has 0 fully saturated rings. The molecule has 0 aromatic heterocycles. The lowest BCUT2D eigenvalue weighted by Gasteiger charge is -2.08. The van der Waals surface area contributed by atoms with Gasteiger partial charge >= 0.3 is 21.2 Å². The van der Waals surface area contributed by atoms with Gasteiger partial charge in [-0.1, -0.05) is 35.9 Å². The van der Waals surface area contributed by atoms with E-state index in [1.165, 1.54) is 5.56 Å². The maximum absolute atomic E-state index is 2.35. The van der Waals surface area contributed by atoms with Crippen molar-refractivity contribution >= 4 is 0 Å². The largest absolute Gasteiger partial charge is 0.358 e. The quantitative estimate of drug-likeness (QED) is 0.514. The predicted octanol–water partition coefficient (Wildman–Crippen LogP) is 0.0276. The van der Waals surface area contributed by atoms with Gasteiger partial charge in [0, 0.05) is 17.5 Å². The van der Waals surface area contributed by atoms with Crippen LogP contribution in [0.25, 0.3) is 0 Å². The Bertz CT molecular complexity index is 514. The highest BCUT2D eigenvalue weighted by molar-refractivity contribution is 5.30. The molecule has 2 aromatic carbocycles. The third-order valence-corrected chi connectivity index (χ3v) is 6.01. The number of hydrogen-bond acceptors (Lipinski definition) is 0. The summed E-state index contributed by atoms with van der Waals surface area (Å²) in [6, 6.07) is 15.8. The lowest BCUT2D eigenvalue weighted by atomic mass is 10.0. The van der Waals surface area contributed by atoms with Crippen molar-refractivity contribution in [3.8, 4) is 0 Å². The summed E-state index contributed by atoms with van der Waals surface area (Å²) in [5.41, 5.74) is 4.49. The van der Waals surface area contributed by atoms with E-state index in [4.69, 9.17) is 0 Å². The zero-order valence-corrected chi connectivity index (χ0v) is 10.8. The van der Waals surface area contributed by atoms with E-state index in [9.17, 15) is 0 Å². The SMILES string of the molecule is Cc1ccc2c(c1)Cc1ccccc1[I+]2. The molecule has 0 saturated carbocycles. The van der Waals surface area contributed by atoms with E-state index in [1.54, 1.807) is 18.3 Å². The summed E-state index contributed by atoms with van der Waals surface area (Å²) in [5, 5.41) is 0. The van der Waals surface area contributed by atoms with Crippen molar-refractivity contribution in [2.24, 2.45) is 0 Å². The summed E-state index contributed by atoms with van der Waals surface area (Å²) >= 11 is 0.0625. The number of halogens is 1. The van der Waals surface area contributed by atoms with Crippen molar-refractivity contribution in [3.63, 3.8) is 0 Å². The second kappa shape index (κ2) is 3.63. The smallest absolute Gasteiger partial charge is 0.0617 e. The van der Waals surface area contributed by atoms with Gasteiger partial charge in [0.25, 0.3) is 0 Å². The van der Waals surface area contributed by atoms with E-state index >= 15 is 0 Å². The fourth-order valence-corrected chi connectivity index (χ4v) is 4.76. The molecule has 0 amide bonds. The van der Waals surface area contributed by atoms with Crippen LogP contribution in [-0.4, -0.2) is 0 Å². The molecule has 0 N–H and O–H groups in total. The number of fused-ring (bicyclic) bond motifs is 2. The molecule has 0 aliphatic carbocycles. The van der Waals surface area contributed by atoms with Crippen LogP contribution in [0.3, 0.4) is 0 Å². The average Bonchev–Trinajstić information content (AvgIpc) is 2.26. The van der Waals surface area contributed by atoms with Gasteiger partial charge in [-0.15, -0.1) is 0 Å². The highest BCUT2D eigenvalue weighted by atomic mass is 127. The summed E-state index contributed by atoms with van der Waals surface area (Å²) in [6.07, 6.45) is 1.13. The van der Waals surface area contributed by atoms with Crippen molar-refractivity contribution < 1.29 is 21.2 Å². The normalized spacial score (nSPS) is 13.1. The molecule has 0 spiro atoms. The van der Waals surface area contributed by atoms with Crippen LogP contribution in [0.2, 0.25) is 0 Å². The van der Waals surface area contributed by atoms with E-state index in [2.05, 4.69) is 49.4 Å². The zero-order chi connectivity index (χ0) is 10.3. The van der Waals surface area contributed by atoms with Crippen LogP contribution < -0.4 is 21.2 Å². The Labute approximate surface area is 101 Å². The summed E-state index contributed by atoms with van der Waals surface area (Å²) in [6.45, 7) is 2.18. The Morgan fingerprint density at radius 2 is 1.73 bits per heavy atom.